The number of likely N-dealkylation sites (tertiary alicyclic amines) is 1. The highest BCUT2D eigenvalue weighted by Crippen LogP contribution is 2.36. The molecule has 1 saturated heterocycles. The van der Waals surface area contributed by atoms with Crippen molar-refractivity contribution >= 4 is 5.91 Å². The first-order valence-corrected chi connectivity index (χ1v) is 11.7. The quantitative estimate of drug-likeness (QED) is 0.532. The molecule has 2 unspecified atom stereocenters. The van der Waals surface area contributed by atoms with Gasteiger partial charge in [-0.3, -0.25) is 9.69 Å². The Kier molecular flexibility index (Phi) is 8.61. The van der Waals surface area contributed by atoms with Gasteiger partial charge < -0.3 is 19.1 Å². The number of methoxy groups -OCH3 is 3. The van der Waals surface area contributed by atoms with Crippen molar-refractivity contribution in [3.63, 3.8) is 0 Å². The second kappa shape index (κ2) is 11.4. The van der Waals surface area contributed by atoms with Gasteiger partial charge in [0.05, 0.1) is 21.3 Å². The Morgan fingerprint density at radius 3 is 2.24 bits per heavy atom. The number of carbonyl (C=O) groups is 1. The molecular weight excluding hydrogens is 416 g/mol. The Hall–Kier alpha value is -2.73. The molecule has 180 valence electrons. The molecule has 1 heterocycles. The fourth-order valence-electron chi connectivity index (χ4n) is 4.80. The van der Waals surface area contributed by atoms with Gasteiger partial charge in [-0.05, 0) is 47.2 Å². The molecule has 0 spiro atoms. The number of ether oxygens (including phenoxy) is 3. The van der Waals surface area contributed by atoms with Gasteiger partial charge in [0.25, 0.3) is 0 Å². The van der Waals surface area contributed by atoms with Crippen LogP contribution in [0.3, 0.4) is 0 Å². The lowest BCUT2D eigenvalue weighted by molar-refractivity contribution is -0.130. The third-order valence-corrected chi connectivity index (χ3v) is 6.34. The molecule has 33 heavy (non-hydrogen) atoms. The summed E-state index contributed by atoms with van der Waals surface area (Å²) in [7, 11) is 5.05. The Labute approximate surface area is 198 Å². The van der Waals surface area contributed by atoms with Gasteiger partial charge in [-0.25, -0.2) is 0 Å². The van der Waals surface area contributed by atoms with Crippen molar-refractivity contribution in [1.82, 2.24) is 9.80 Å². The Balaban J connectivity index is 1.85. The van der Waals surface area contributed by atoms with Crippen LogP contribution in [0.25, 0.3) is 0 Å². The molecule has 0 N–H and O–H groups in total. The lowest BCUT2D eigenvalue weighted by atomic mass is 9.88. The van der Waals surface area contributed by atoms with E-state index in [2.05, 4.69) is 49.1 Å². The van der Waals surface area contributed by atoms with Crippen LogP contribution in [0.15, 0.2) is 42.5 Å². The zero-order valence-electron chi connectivity index (χ0n) is 20.8. The molecule has 0 aliphatic carbocycles. The molecule has 2 atom stereocenters. The highest BCUT2D eigenvalue weighted by atomic mass is 16.5. The maximum atomic E-state index is 12.4. The maximum absolute atomic E-state index is 12.4. The van der Waals surface area contributed by atoms with E-state index >= 15 is 0 Å². The lowest BCUT2D eigenvalue weighted by Gasteiger charge is -2.29. The van der Waals surface area contributed by atoms with E-state index in [0.717, 1.165) is 55.5 Å². The maximum Gasteiger partial charge on any atom is 0.219 e. The van der Waals surface area contributed by atoms with Crippen LogP contribution in [0.5, 0.6) is 17.2 Å². The molecule has 2 aromatic carbocycles. The van der Waals surface area contributed by atoms with Crippen molar-refractivity contribution in [3.8, 4) is 17.2 Å². The van der Waals surface area contributed by atoms with Crippen LogP contribution < -0.4 is 14.2 Å². The SMILES string of the molecule is COc1cc(CN2CC(CN(CC(C)C)C(C)=O)C(c3cccc(OC)c3)C2)cc(OC)c1. The smallest absolute Gasteiger partial charge is 0.219 e. The van der Waals surface area contributed by atoms with Gasteiger partial charge in [-0.2, -0.15) is 0 Å². The summed E-state index contributed by atoms with van der Waals surface area (Å²) in [6.45, 7) is 10.2. The number of carbonyl (C=O) groups excluding carboxylic acids is 1. The van der Waals surface area contributed by atoms with Gasteiger partial charge in [-0.15, -0.1) is 0 Å². The first kappa shape index (κ1) is 24.9. The fourth-order valence-corrected chi connectivity index (χ4v) is 4.80. The van der Waals surface area contributed by atoms with E-state index in [1.54, 1.807) is 28.3 Å². The number of amides is 1. The van der Waals surface area contributed by atoms with Gasteiger partial charge in [0, 0.05) is 51.6 Å². The highest BCUT2D eigenvalue weighted by molar-refractivity contribution is 5.73. The van der Waals surface area contributed by atoms with Gasteiger partial charge >= 0.3 is 0 Å². The fraction of sp³-hybridized carbons (Fsp3) is 0.519. The minimum Gasteiger partial charge on any atom is -0.497 e. The molecule has 2 aromatic rings. The molecule has 0 bridgehead atoms. The molecule has 1 aliphatic rings. The molecule has 0 aromatic heterocycles. The number of hydrogen-bond acceptors (Lipinski definition) is 5. The molecule has 1 aliphatic heterocycles. The standard InChI is InChI=1S/C27H38N2O4/c1-19(2)14-29(20(3)30)17-23-16-28(15-21-10-25(32-5)13-26(11-21)33-6)18-27(23)22-8-7-9-24(12-22)31-4/h7-13,19,23,27H,14-18H2,1-6H3. The molecule has 6 nitrogen and oxygen atoms in total. The summed E-state index contributed by atoms with van der Waals surface area (Å²) >= 11 is 0. The highest BCUT2D eigenvalue weighted by Gasteiger charge is 2.35. The van der Waals surface area contributed by atoms with Crippen LogP contribution >= 0.6 is 0 Å². The van der Waals surface area contributed by atoms with Gasteiger partial charge in [0.2, 0.25) is 5.91 Å². The zero-order chi connectivity index (χ0) is 24.0. The lowest BCUT2D eigenvalue weighted by Crippen LogP contribution is -2.38. The van der Waals surface area contributed by atoms with Crippen molar-refractivity contribution in [3.05, 3.63) is 53.6 Å². The van der Waals surface area contributed by atoms with Crippen LogP contribution in [0.1, 0.15) is 37.8 Å². The monoisotopic (exact) mass is 454 g/mol. The minimum atomic E-state index is 0.143. The van der Waals surface area contributed by atoms with Crippen LogP contribution in [0.2, 0.25) is 0 Å². The average molecular weight is 455 g/mol. The third-order valence-electron chi connectivity index (χ3n) is 6.34. The first-order valence-electron chi connectivity index (χ1n) is 11.7. The van der Waals surface area contributed by atoms with E-state index in [4.69, 9.17) is 14.2 Å². The molecule has 0 saturated carbocycles. The molecule has 3 rings (SSSR count). The van der Waals surface area contributed by atoms with Crippen LogP contribution in [0.4, 0.5) is 0 Å². The van der Waals surface area contributed by atoms with Crippen molar-refractivity contribution in [2.24, 2.45) is 11.8 Å². The van der Waals surface area contributed by atoms with Gasteiger partial charge in [0.1, 0.15) is 17.2 Å². The predicted octanol–water partition coefficient (Wildman–Crippen LogP) is 4.43. The normalized spacial score (nSPS) is 18.4. The summed E-state index contributed by atoms with van der Waals surface area (Å²) in [4.78, 5) is 16.9. The topological polar surface area (TPSA) is 51.2 Å². The van der Waals surface area contributed by atoms with E-state index in [1.807, 2.05) is 17.0 Å². The summed E-state index contributed by atoms with van der Waals surface area (Å²) in [5.74, 6) is 3.70. The summed E-state index contributed by atoms with van der Waals surface area (Å²) in [5, 5.41) is 0. The summed E-state index contributed by atoms with van der Waals surface area (Å²) in [5.41, 5.74) is 2.42. The number of hydrogen-bond donors (Lipinski definition) is 0. The molecule has 6 heteroatoms. The largest absolute Gasteiger partial charge is 0.497 e. The zero-order valence-corrected chi connectivity index (χ0v) is 20.8. The third kappa shape index (κ3) is 6.64. The average Bonchev–Trinajstić information content (AvgIpc) is 3.19. The van der Waals surface area contributed by atoms with E-state index in [-0.39, 0.29) is 5.91 Å². The van der Waals surface area contributed by atoms with Crippen LogP contribution in [-0.2, 0) is 11.3 Å². The second-order valence-electron chi connectivity index (χ2n) is 9.38. The molecular formula is C27H38N2O4. The molecule has 0 radical (unpaired) electrons. The minimum absolute atomic E-state index is 0.143. The number of benzene rings is 2. The first-order chi connectivity index (χ1) is 15.8. The summed E-state index contributed by atoms with van der Waals surface area (Å²) in [6.07, 6.45) is 0. The van der Waals surface area contributed by atoms with Crippen molar-refractivity contribution in [1.29, 1.82) is 0 Å². The Morgan fingerprint density at radius 2 is 1.67 bits per heavy atom. The predicted molar refractivity (Wildman–Crippen MR) is 131 cm³/mol. The van der Waals surface area contributed by atoms with Gasteiger partial charge in [0.15, 0.2) is 0 Å². The van der Waals surface area contributed by atoms with Crippen LogP contribution in [0, 0.1) is 11.8 Å². The van der Waals surface area contributed by atoms with Crippen LogP contribution in [-0.4, -0.2) is 63.2 Å². The Bertz CT molecular complexity index is 908. The summed E-state index contributed by atoms with van der Waals surface area (Å²) < 4.78 is 16.4. The summed E-state index contributed by atoms with van der Waals surface area (Å²) in [6, 6.07) is 14.4. The van der Waals surface area contributed by atoms with Gasteiger partial charge in [-0.1, -0.05) is 26.0 Å². The molecule has 1 amide bonds. The number of nitrogens with zero attached hydrogens (tertiary/aromatic N) is 2. The number of rotatable bonds is 10. The van der Waals surface area contributed by atoms with Crippen molar-refractivity contribution < 1.29 is 19.0 Å². The second-order valence-corrected chi connectivity index (χ2v) is 9.38. The Morgan fingerprint density at radius 1 is 1.00 bits per heavy atom. The van der Waals surface area contributed by atoms with Crippen molar-refractivity contribution in [2.75, 3.05) is 47.5 Å². The van der Waals surface area contributed by atoms with Crippen molar-refractivity contribution in [2.45, 2.75) is 33.2 Å². The van der Waals surface area contributed by atoms with E-state index < -0.39 is 0 Å². The van der Waals surface area contributed by atoms with E-state index in [1.165, 1.54) is 5.56 Å². The molecule has 1 fully saturated rings. The van der Waals surface area contributed by atoms with E-state index in [0.29, 0.717) is 17.8 Å². The van der Waals surface area contributed by atoms with E-state index in [9.17, 15) is 4.79 Å².